The van der Waals surface area contributed by atoms with Crippen molar-refractivity contribution in [3.05, 3.63) is 35.4 Å². The summed E-state index contributed by atoms with van der Waals surface area (Å²) >= 11 is 0. The molecule has 0 bridgehead atoms. The fourth-order valence-corrected chi connectivity index (χ4v) is 3.76. The molecule has 3 rings (SSSR count). The van der Waals surface area contributed by atoms with Crippen LogP contribution in [-0.2, 0) is 20.9 Å². The molecule has 0 spiro atoms. The van der Waals surface area contributed by atoms with Crippen LogP contribution in [0.3, 0.4) is 0 Å². The molecule has 1 aromatic carbocycles. The number of carbonyl (C=O) groups is 3. The van der Waals surface area contributed by atoms with Crippen LogP contribution < -0.4 is 5.32 Å². The fourth-order valence-electron chi connectivity index (χ4n) is 3.76. The standard InChI is InChI=1S/C19H24N2O3/c1-13-6-2-3-7-14(13)12-20-17(22)10-11-21-18(23)15-8-4-5-9-16(15)19(21)24/h2-3,6-7,15-16H,4-5,8-12H2,1H3,(H,20,22). The lowest BCUT2D eigenvalue weighted by atomic mass is 9.81. The third kappa shape index (κ3) is 3.35. The van der Waals surface area contributed by atoms with E-state index in [1.807, 2.05) is 31.2 Å². The normalized spacial score (nSPS) is 23.3. The maximum absolute atomic E-state index is 12.4. The van der Waals surface area contributed by atoms with Gasteiger partial charge < -0.3 is 5.32 Å². The number of likely N-dealkylation sites (tertiary alicyclic amines) is 1. The fraction of sp³-hybridized carbons (Fsp3) is 0.526. The van der Waals surface area contributed by atoms with Crippen LogP contribution in [0.15, 0.2) is 24.3 Å². The number of carbonyl (C=O) groups excluding carboxylic acids is 3. The van der Waals surface area contributed by atoms with Crippen molar-refractivity contribution < 1.29 is 14.4 Å². The number of nitrogens with zero attached hydrogens (tertiary/aromatic N) is 1. The van der Waals surface area contributed by atoms with Crippen LogP contribution in [-0.4, -0.2) is 29.2 Å². The van der Waals surface area contributed by atoms with Crippen LogP contribution in [0, 0.1) is 18.8 Å². The molecule has 5 heteroatoms. The van der Waals surface area contributed by atoms with E-state index in [4.69, 9.17) is 0 Å². The summed E-state index contributed by atoms with van der Waals surface area (Å²) in [6, 6.07) is 7.89. The van der Waals surface area contributed by atoms with Crippen LogP contribution in [0.1, 0.15) is 43.2 Å². The number of benzene rings is 1. The molecule has 3 amide bonds. The molecule has 2 unspecified atom stereocenters. The minimum Gasteiger partial charge on any atom is -0.352 e. The van der Waals surface area contributed by atoms with Gasteiger partial charge in [-0.2, -0.15) is 0 Å². The Morgan fingerprint density at radius 3 is 2.38 bits per heavy atom. The first-order valence-electron chi connectivity index (χ1n) is 8.74. The van der Waals surface area contributed by atoms with E-state index in [-0.39, 0.29) is 42.5 Å². The zero-order valence-electron chi connectivity index (χ0n) is 14.1. The van der Waals surface area contributed by atoms with Gasteiger partial charge in [0.05, 0.1) is 11.8 Å². The third-order valence-corrected chi connectivity index (χ3v) is 5.23. The lowest BCUT2D eigenvalue weighted by Crippen LogP contribution is -2.35. The highest BCUT2D eigenvalue weighted by atomic mass is 16.2. The minimum atomic E-state index is -0.138. The number of hydrogen-bond acceptors (Lipinski definition) is 3. The highest BCUT2D eigenvalue weighted by Gasteiger charge is 2.47. The molecule has 2 atom stereocenters. The Morgan fingerprint density at radius 2 is 1.75 bits per heavy atom. The van der Waals surface area contributed by atoms with Crippen molar-refractivity contribution in [2.75, 3.05) is 6.54 Å². The monoisotopic (exact) mass is 328 g/mol. The molecule has 1 saturated heterocycles. The Morgan fingerprint density at radius 1 is 1.12 bits per heavy atom. The molecule has 2 fully saturated rings. The SMILES string of the molecule is Cc1ccccc1CNC(=O)CCN1C(=O)C2CCCCC2C1=O. The van der Waals surface area contributed by atoms with E-state index in [1.165, 1.54) is 4.90 Å². The van der Waals surface area contributed by atoms with Crippen molar-refractivity contribution in [2.45, 2.75) is 45.6 Å². The number of nitrogens with one attached hydrogen (secondary N) is 1. The summed E-state index contributed by atoms with van der Waals surface area (Å²) < 4.78 is 0. The van der Waals surface area contributed by atoms with Gasteiger partial charge in [0.1, 0.15) is 0 Å². The first-order chi connectivity index (χ1) is 11.6. The van der Waals surface area contributed by atoms with Crippen LogP contribution in [0.4, 0.5) is 0 Å². The van der Waals surface area contributed by atoms with Gasteiger partial charge in [-0.05, 0) is 30.9 Å². The molecule has 5 nitrogen and oxygen atoms in total. The Labute approximate surface area is 142 Å². The maximum Gasteiger partial charge on any atom is 0.233 e. The molecule has 1 aromatic rings. The quantitative estimate of drug-likeness (QED) is 0.843. The zero-order valence-corrected chi connectivity index (χ0v) is 14.1. The summed E-state index contributed by atoms with van der Waals surface area (Å²) in [5, 5.41) is 2.87. The molecular formula is C19H24N2O3. The average Bonchev–Trinajstić information content (AvgIpc) is 2.84. The van der Waals surface area contributed by atoms with Crippen molar-refractivity contribution in [2.24, 2.45) is 11.8 Å². The molecule has 2 aliphatic rings. The van der Waals surface area contributed by atoms with Crippen LogP contribution in [0.5, 0.6) is 0 Å². The van der Waals surface area contributed by atoms with Gasteiger partial charge in [-0.15, -0.1) is 0 Å². The van der Waals surface area contributed by atoms with Crippen LogP contribution in [0.25, 0.3) is 0 Å². The minimum absolute atomic E-state index is 0.0728. The summed E-state index contributed by atoms with van der Waals surface area (Å²) in [5.41, 5.74) is 2.21. The van der Waals surface area contributed by atoms with Gasteiger partial charge in [0.15, 0.2) is 0 Å². The van der Waals surface area contributed by atoms with Gasteiger partial charge in [0.2, 0.25) is 17.7 Å². The van der Waals surface area contributed by atoms with Gasteiger partial charge in [-0.25, -0.2) is 0 Å². The first kappa shape index (κ1) is 16.7. The molecule has 1 aliphatic carbocycles. The summed E-state index contributed by atoms with van der Waals surface area (Å²) in [7, 11) is 0. The van der Waals surface area contributed by atoms with E-state index >= 15 is 0 Å². The largest absolute Gasteiger partial charge is 0.352 e. The second kappa shape index (κ2) is 7.16. The molecule has 128 valence electrons. The average molecular weight is 328 g/mol. The summed E-state index contributed by atoms with van der Waals surface area (Å²) in [5.74, 6) is -0.552. The van der Waals surface area contributed by atoms with Gasteiger partial charge in [-0.1, -0.05) is 37.1 Å². The maximum atomic E-state index is 12.4. The number of hydrogen-bond donors (Lipinski definition) is 1. The number of amides is 3. The van der Waals surface area contributed by atoms with Crippen molar-refractivity contribution in [1.82, 2.24) is 10.2 Å². The van der Waals surface area contributed by atoms with Gasteiger partial charge in [-0.3, -0.25) is 19.3 Å². The predicted molar refractivity (Wildman–Crippen MR) is 89.8 cm³/mol. The highest BCUT2D eigenvalue weighted by molar-refractivity contribution is 6.05. The summed E-state index contributed by atoms with van der Waals surface area (Å²) in [6.07, 6.45) is 3.83. The lowest BCUT2D eigenvalue weighted by molar-refractivity contribution is -0.140. The lowest BCUT2D eigenvalue weighted by Gasteiger charge is -2.19. The topological polar surface area (TPSA) is 66.5 Å². The van der Waals surface area contributed by atoms with E-state index in [1.54, 1.807) is 0 Å². The summed E-state index contributed by atoms with van der Waals surface area (Å²) in [6.45, 7) is 2.67. The van der Waals surface area contributed by atoms with E-state index < -0.39 is 0 Å². The second-order valence-corrected chi connectivity index (χ2v) is 6.78. The van der Waals surface area contributed by atoms with Crippen LogP contribution in [0.2, 0.25) is 0 Å². The smallest absolute Gasteiger partial charge is 0.233 e. The van der Waals surface area contributed by atoms with E-state index in [0.29, 0.717) is 6.54 Å². The molecule has 1 heterocycles. The van der Waals surface area contributed by atoms with Crippen molar-refractivity contribution >= 4 is 17.7 Å². The molecule has 1 saturated carbocycles. The zero-order chi connectivity index (χ0) is 17.1. The third-order valence-electron chi connectivity index (χ3n) is 5.23. The number of imide groups is 1. The Kier molecular flexibility index (Phi) is 4.97. The van der Waals surface area contributed by atoms with Gasteiger partial charge in [0.25, 0.3) is 0 Å². The molecule has 0 aromatic heterocycles. The summed E-state index contributed by atoms with van der Waals surface area (Å²) in [4.78, 5) is 38.1. The molecule has 1 N–H and O–H groups in total. The van der Waals surface area contributed by atoms with Crippen LogP contribution >= 0.6 is 0 Å². The Hall–Kier alpha value is -2.17. The number of fused-ring (bicyclic) bond motifs is 1. The molecule has 24 heavy (non-hydrogen) atoms. The molecular weight excluding hydrogens is 304 g/mol. The second-order valence-electron chi connectivity index (χ2n) is 6.78. The number of aryl methyl sites for hydroxylation is 1. The molecule has 1 aliphatic heterocycles. The predicted octanol–water partition coefficient (Wildman–Crippen LogP) is 2.18. The number of rotatable bonds is 5. The van der Waals surface area contributed by atoms with E-state index in [0.717, 1.165) is 36.8 Å². The highest BCUT2D eigenvalue weighted by Crippen LogP contribution is 2.37. The first-order valence-corrected chi connectivity index (χ1v) is 8.74. The Bertz CT molecular complexity index is 632. The van der Waals surface area contributed by atoms with Crippen molar-refractivity contribution in [3.8, 4) is 0 Å². The molecule has 0 radical (unpaired) electrons. The van der Waals surface area contributed by atoms with Gasteiger partial charge >= 0.3 is 0 Å². The van der Waals surface area contributed by atoms with E-state index in [9.17, 15) is 14.4 Å². The van der Waals surface area contributed by atoms with Crippen molar-refractivity contribution in [1.29, 1.82) is 0 Å². The van der Waals surface area contributed by atoms with Crippen molar-refractivity contribution in [3.63, 3.8) is 0 Å². The van der Waals surface area contributed by atoms with Gasteiger partial charge in [0, 0.05) is 19.5 Å². The Balaban J connectivity index is 1.50. The van der Waals surface area contributed by atoms with E-state index in [2.05, 4.69) is 5.32 Å².